The van der Waals surface area contributed by atoms with Crippen molar-refractivity contribution in [3.63, 3.8) is 0 Å². The second-order valence-corrected chi connectivity index (χ2v) is 9.61. The summed E-state index contributed by atoms with van der Waals surface area (Å²) in [6.07, 6.45) is 29.8. The van der Waals surface area contributed by atoms with Crippen LogP contribution in [0.1, 0.15) is 167 Å². The third-order valence-corrected chi connectivity index (χ3v) is 6.41. The highest BCUT2D eigenvalue weighted by atomic mass is 16.4. The minimum Gasteiger partial charge on any atom is -0.481 e. The molecule has 0 aromatic carbocycles. The van der Waals surface area contributed by atoms with Crippen LogP contribution in [0, 0.1) is 0 Å². The second kappa shape index (κ2) is 25.4. The van der Waals surface area contributed by atoms with Crippen molar-refractivity contribution in [3.05, 3.63) is 0 Å². The van der Waals surface area contributed by atoms with Gasteiger partial charge in [-0.25, -0.2) is 0 Å². The Bertz CT molecular complexity index is 392. The predicted molar refractivity (Wildman–Crippen MR) is 134 cm³/mol. The molecule has 0 heterocycles. The van der Waals surface area contributed by atoms with Crippen LogP contribution in [0.25, 0.3) is 0 Å². The Balaban J connectivity index is 3.15. The molecule has 0 atom stereocenters. The molecule has 3 heteroatoms. The first-order valence-corrected chi connectivity index (χ1v) is 13.9. The molecule has 0 aromatic rings. The van der Waals surface area contributed by atoms with E-state index in [-0.39, 0.29) is 0 Å². The molecule has 0 rings (SSSR count). The van der Waals surface area contributed by atoms with Gasteiger partial charge in [0.2, 0.25) is 0 Å². The van der Waals surface area contributed by atoms with Crippen molar-refractivity contribution in [1.82, 2.24) is 0 Å². The Labute approximate surface area is 194 Å². The van der Waals surface area contributed by atoms with Gasteiger partial charge in [-0.15, -0.1) is 0 Å². The zero-order valence-electron chi connectivity index (χ0n) is 20.9. The quantitative estimate of drug-likeness (QED) is 0.137. The van der Waals surface area contributed by atoms with E-state index in [0.717, 1.165) is 51.4 Å². The number of carboxylic acid groups (broad SMARTS) is 1. The van der Waals surface area contributed by atoms with E-state index in [4.69, 9.17) is 5.11 Å². The normalized spacial score (nSPS) is 11.1. The van der Waals surface area contributed by atoms with Gasteiger partial charge in [0.05, 0.1) is 0 Å². The molecule has 0 bridgehead atoms. The average molecular weight is 439 g/mol. The van der Waals surface area contributed by atoms with Gasteiger partial charge in [-0.1, -0.05) is 129 Å². The number of Topliss-reactive ketones (excluding diaryl/α,β-unsaturated/α-hetero) is 1. The van der Waals surface area contributed by atoms with Crippen LogP contribution in [-0.4, -0.2) is 16.9 Å². The highest BCUT2D eigenvalue weighted by Crippen LogP contribution is 2.15. The predicted octanol–water partition coefficient (Wildman–Crippen LogP) is 9.41. The lowest BCUT2D eigenvalue weighted by Crippen LogP contribution is -1.97. The minimum absolute atomic E-state index is 0.299. The van der Waals surface area contributed by atoms with Gasteiger partial charge >= 0.3 is 5.97 Å². The summed E-state index contributed by atoms with van der Waals surface area (Å²) < 4.78 is 0. The number of ketones is 1. The van der Waals surface area contributed by atoms with E-state index in [0.29, 0.717) is 12.2 Å². The minimum atomic E-state index is -0.687. The van der Waals surface area contributed by atoms with Gasteiger partial charge in [-0.2, -0.15) is 0 Å². The van der Waals surface area contributed by atoms with E-state index in [1.165, 1.54) is 103 Å². The Hall–Kier alpha value is -0.860. The van der Waals surface area contributed by atoms with E-state index in [1.54, 1.807) is 0 Å². The summed E-state index contributed by atoms with van der Waals surface area (Å²) in [5.41, 5.74) is 0. The number of unbranched alkanes of at least 4 members (excludes halogenated alkanes) is 20. The van der Waals surface area contributed by atoms with Gasteiger partial charge in [-0.3, -0.25) is 9.59 Å². The molecule has 0 saturated carbocycles. The molecular formula is C28H54O3. The molecule has 0 spiro atoms. The molecule has 0 radical (unpaired) electrons. The molecule has 0 amide bonds. The maximum Gasteiger partial charge on any atom is 0.303 e. The molecule has 0 aliphatic rings. The van der Waals surface area contributed by atoms with Crippen molar-refractivity contribution in [2.45, 2.75) is 167 Å². The topological polar surface area (TPSA) is 54.4 Å². The molecule has 0 aliphatic heterocycles. The van der Waals surface area contributed by atoms with Crippen molar-refractivity contribution in [3.8, 4) is 0 Å². The highest BCUT2D eigenvalue weighted by molar-refractivity contribution is 5.78. The van der Waals surface area contributed by atoms with Gasteiger partial charge in [0.25, 0.3) is 0 Å². The number of carbonyl (C=O) groups is 2. The van der Waals surface area contributed by atoms with Crippen LogP contribution in [0.15, 0.2) is 0 Å². The van der Waals surface area contributed by atoms with Gasteiger partial charge in [0.1, 0.15) is 5.78 Å². The SMILES string of the molecule is CCCCCCCCCCCCCCCCCC(=O)CCCCCCCCCC(=O)O. The lowest BCUT2D eigenvalue weighted by Gasteiger charge is -2.04. The van der Waals surface area contributed by atoms with E-state index in [1.807, 2.05) is 0 Å². The summed E-state index contributed by atoms with van der Waals surface area (Å²) in [6.45, 7) is 2.28. The van der Waals surface area contributed by atoms with E-state index in [9.17, 15) is 9.59 Å². The first-order chi connectivity index (χ1) is 15.2. The van der Waals surface area contributed by atoms with Gasteiger partial charge in [-0.05, 0) is 19.3 Å². The summed E-state index contributed by atoms with van der Waals surface area (Å²) in [7, 11) is 0. The molecule has 1 N–H and O–H groups in total. The maximum absolute atomic E-state index is 12.0. The summed E-state index contributed by atoms with van der Waals surface area (Å²) in [6, 6.07) is 0. The van der Waals surface area contributed by atoms with Crippen molar-refractivity contribution in [2.24, 2.45) is 0 Å². The Kier molecular flexibility index (Phi) is 24.7. The lowest BCUT2D eigenvalue weighted by molar-refractivity contribution is -0.137. The number of hydrogen-bond acceptors (Lipinski definition) is 2. The molecule has 3 nitrogen and oxygen atoms in total. The van der Waals surface area contributed by atoms with Crippen LogP contribution in [-0.2, 0) is 9.59 Å². The molecule has 0 saturated heterocycles. The number of carboxylic acids is 1. The van der Waals surface area contributed by atoms with Crippen LogP contribution >= 0.6 is 0 Å². The smallest absolute Gasteiger partial charge is 0.303 e. The fourth-order valence-electron chi connectivity index (χ4n) is 4.30. The summed E-state index contributed by atoms with van der Waals surface area (Å²) >= 11 is 0. The second-order valence-electron chi connectivity index (χ2n) is 9.61. The van der Waals surface area contributed by atoms with Gasteiger partial charge in [0.15, 0.2) is 0 Å². The lowest BCUT2D eigenvalue weighted by atomic mass is 10.0. The number of aliphatic carboxylic acids is 1. The van der Waals surface area contributed by atoms with E-state index < -0.39 is 5.97 Å². The first kappa shape index (κ1) is 30.1. The van der Waals surface area contributed by atoms with Crippen molar-refractivity contribution in [1.29, 1.82) is 0 Å². The first-order valence-electron chi connectivity index (χ1n) is 13.9. The highest BCUT2D eigenvalue weighted by Gasteiger charge is 2.02. The molecule has 0 fully saturated rings. The zero-order valence-corrected chi connectivity index (χ0v) is 20.9. The summed E-state index contributed by atoms with van der Waals surface area (Å²) in [4.78, 5) is 22.4. The molecular weight excluding hydrogens is 384 g/mol. The van der Waals surface area contributed by atoms with Crippen LogP contribution in [0.3, 0.4) is 0 Å². The maximum atomic E-state index is 12.0. The Morgan fingerprint density at radius 2 is 0.677 bits per heavy atom. The van der Waals surface area contributed by atoms with Crippen LogP contribution in [0.2, 0.25) is 0 Å². The van der Waals surface area contributed by atoms with Crippen LogP contribution < -0.4 is 0 Å². The largest absolute Gasteiger partial charge is 0.481 e. The molecule has 0 unspecified atom stereocenters. The fraction of sp³-hybridized carbons (Fsp3) is 0.929. The summed E-state index contributed by atoms with van der Waals surface area (Å²) in [5.74, 6) is -0.233. The van der Waals surface area contributed by atoms with Gasteiger partial charge in [0, 0.05) is 19.3 Å². The third-order valence-electron chi connectivity index (χ3n) is 6.41. The number of carbonyl (C=O) groups excluding carboxylic acids is 1. The third kappa shape index (κ3) is 27.1. The Morgan fingerprint density at radius 1 is 0.419 bits per heavy atom. The van der Waals surface area contributed by atoms with Crippen molar-refractivity contribution >= 4 is 11.8 Å². The molecule has 184 valence electrons. The summed E-state index contributed by atoms with van der Waals surface area (Å²) in [5, 5.41) is 8.59. The molecule has 0 aliphatic carbocycles. The fourth-order valence-corrected chi connectivity index (χ4v) is 4.30. The molecule has 0 aromatic heterocycles. The zero-order chi connectivity index (χ0) is 22.8. The van der Waals surface area contributed by atoms with E-state index in [2.05, 4.69) is 6.92 Å². The van der Waals surface area contributed by atoms with Gasteiger partial charge < -0.3 is 5.11 Å². The monoisotopic (exact) mass is 438 g/mol. The average Bonchev–Trinajstić information content (AvgIpc) is 2.75. The molecule has 31 heavy (non-hydrogen) atoms. The van der Waals surface area contributed by atoms with Crippen LogP contribution in [0.4, 0.5) is 0 Å². The standard InChI is InChI=1S/C28H54O3/c1-2-3-4-5-6-7-8-9-10-11-12-13-15-18-21-24-27(29)25-22-19-16-14-17-20-23-26-28(30)31/h2-26H2,1H3,(H,30,31). The number of rotatable bonds is 26. The van der Waals surface area contributed by atoms with Crippen LogP contribution in [0.5, 0.6) is 0 Å². The number of hydrogen-bond donors (Lipinski definition) is 1. The van der Waals surface area contributed by atoms with Crippen molar-refractivity contribution in [2.75, 3.05) is 0 Å². The van der Waals surface area contributed by atoms with Crippen molar-refractivity contribution < 1.29 is 14.7 Å². The Morgan fingerprint density at radius 3 is 0.968 bits per heavy atom. The van der Waals surface area contributed by atoms with E-state index >= 15 is 0 Å².